The zero-order valence-corrected chi connectivity index (χ0v) is 11.8. The molecule has 21 heavy (non-hydrogen) atoms. The van der Waals surface area contributed by atoms with Crippen molar-refractivity contribution in [3.05, 3.63) is 45.1 Å². The summed E-state index contributed by atoms with van der Waals surface area (Å²) >= 11 is 0. The highest BCUT2D eigenvalue weighted by Crippen LogP contribution is 2.28. The van der Waals surface area contributed by atoms with Gasteiger partial charge in [0.25, 0.3) is 5.91 Å². The number of nitrogens with one attached hydrogen (secondary N) is 2. The van der Waals surface area contributed by atoms with Gasteiger partial charge in [-0.05, 0) is 19.9 Å². The fourth-order valence-corrected chi connectivity index (χ4v) is 1.76. The van der Waals surface area contributed by atoms with E-state index in [2.05, 4.69) is 15.5 Å². The van der Waals surface area contributed by atoms with Crippen LogP contribution in [0.15, 0.2) is 18.2 Å². The summed E-state index contributed by atoms with van der Waals surface area (Å²) in [6.45, 7) is 3.66. The second kappa shape index (κ2) is 5.61. The van der Waals surface area contributed by atoms with Crippen molar-refractivity contribution >= 4 is 17.4 Å². The molecule has 2 rings (SSSR count). The number of aromatic amines is 1. The van der Waals surface area contributed by atoms with Gasteiger partial charge in [0.2, 0.25) is 0 Å². The summed E-state index contributed by atoms with van der Waals surface area (Å²) in [5.41, 5.74) is 1.74. The Kier molecular flexibility index (Phi) is 3.88. The first kappa shape index (κ1) is 14.5. The molecule has 2 aromatic rings. The molecule has 0 fully saturated rings. The minimum absolute atomic E-state index is 0.0302. The second-order valence-electron chi connectivity index (χ2n) is 4.42. The number of anilines is 1. The van der Waals surface area contributed by atoms with Crippen LogP contribution in [0.1, 0.15) is 21.6 Å². The first-order valence-electron chi connectivity index (χ1n) is 6.09. The van der Waals surface area contributed by atoms with E-state index in [1.807, 2.05) is 13.8 Å². The van der Waals surface area contributed by atoms with Crippen LogP contribution in [-0.2, 0) is 0 Å². The summed E-state index contributed by atoms with van der Waals surface area (Å²) in [5.74, 6) is 0.0372. The highest BCUT2D eigenvalue weighted by Gasteiger charge is 2.18. The summed E-state index contributed by atoms with van der Waals surface area (Å²) in [4.78, 5) is 22.4. The van der Waals surface area contributed by atoms with E-state index in [4.69, 9.17) is 4.74 Å². The Morgan fingerprint density at radius 3 is 2.67 bits per heavy atom. The van der Waals surface area contributed by atoms with Crippen LogP contribution in [-0.4, -0.2) is 28.1 Å². The lowest BCUT2D eigenvalue weighted by atomic mass is 10.1. The van der Waals surface area contributed by atoms with Crippen LogP contribution < -0.4 is 10.1 Å². The van der Waals surface area contributed by atoms with E-state index in [-0.39, 0.29) is 17.0 Å². The van der Waals surface area contributed by atoms with Crippen LogP contribution in [0.5, 0.6) is 5.75 Å². The molecule has 0 aliphatic heterocycles. The van der Waals surface area contributed by atoms with Gasteiger partial charge in [0.05, 0.1) is 12.0 Å². The van der Waals surface area contributed by atoms with E-state index in [0.717, 1.165) is 11.3 Å². The molecule has 0 aliphatic rings. The maximum atomic E-state index is 12.1. The number of rotatable bonds is 4. The summed E-state index contributed by atoms with van der Waals surface area (Å²) in [6.07, 6.45) is 0. The van der Waals surface area contributed by atoms with Crippen molar-refractivity contribution in [2.75, 3.05) is 12.4 Å². The third kappa shape index (κ3) is 2.83. The maximum Gasteiger partial charge on any atom is 0.310 e. The van der Waals surface area contributed by atoms with Gasteiger partial charge in [-0.3, -0.25) is 20.0 Å². The highest BCUT2D eigenvalue weighted by atomic mass is 16.6. The predicted octanol–water partition coefficient (Wildman–Crippen LogP) is 2.20. The molecule has 0 radical (unpaired) electrons. The number of nitrogens with zero attached hydrogens (tertiary/aromatic N) is 2. The van der Waals surface area contributed by atoms with Crippen molar-refractivity contribution < 1.29 is 14.5 Å². The molecule has 0 unspecified atom stereocenters. The zero-order valence-electron chi connectivity index (χ0n) is 11.8. The summed E-state index contributed by atoms with van der Waals surface area (Å²) in [5, 5.41) is 20.2. The van der Waals surface area contributed by atoms with E-state index in [1.54, 1.807) is 0 Å². The monoisotopic (exact) mass is 290 g/mol. The molecule has 0 spiro atoms. The predicted molar refractivity (Wildman–Crippen MR) is 75.7 cm³/mol. The van der Waals surface area contributed by atoms with Gasteiger partial charge in [-0.25, -0.2) is 0 Å². The third-order valence-electron chi connectivity index (χ3n) is 3.12. The number of benzene rings is 1. The van der Waals surface area contributed by atoms with Gasteiger partial charge >= 0.3 is 5.69 Å². The Labute approximate surface area is 120 Å². The highest BCUT2D eigenvalue weighted by molar-refractivity contribution is 6.04. The van der Waals surface area contributed by atoms with E-state index in [1.165, 1.54) is 25.3 Å². The van der Waals surface area contributed by atoms with Crippen LogP contribution in [0.3, 0.4) is 0 Å². The van der Waals surface area contributed by atoms with E-state index >= 15 is 0 Å². The Balaban J connectivity index is 2.27. The third-order valence-corrected chi connectivity index (χ3v) is 3.12. The number of nitro groups is 1. The smallest absolute Gasteiger partial charge is 0.310 e. The van der Waals surface area contributed by atoms with Crippen molar-refractivity contribution in [1.82, 2.24) is 10.2 Å². The Hall–Kier alpha value is -2.90. The average molecular weight is 290 g/mol. The minimum atomic E-state index is -0.568. The molecule has 1 aromatic carbocycles. The molecule has 1 heterocycles. The number of hydrogen-bond donors (Lipinski definition) is 2. The Bertz CT molecular complexity index is 708. The largest absolute Gasteiger partial charge is 0.490 e. The number of ether oxygens (including phenoxy) is 1. The molecule has 0 bridgehead atoms. The summed E-state index contributed by atoms with van der Waals surface area (Å²) < 4.78 is 4.93. The minimum Gasteiger partial charge on any atom is -0.490 e. The first-order valence-corrected chi connectivity index (χ1v) is 6.09. The van der Waals surface area contributed by atoms with E-state index < -0.39 is 10.8 Å². The Morgan fingerprint density at radius 1 is 1.43 bits per heavy atom. The van der Waals surface area contributed by atoms with Crippen molar-refractivity contribution in [2.45, 2.75) is 13.8 Å². The molecule has 0 saturated carbocycles. The number of aromatic nitrogens is 2. The van der Waals surface area contributed by atoms with Gasteiger partial charge in [0.15, 0.2) is 11.6 Å². The standard InChI is InChI=1S/C13H14N4O4/c1-7-8(2)15-16-12(7)14-13(18)9-4-5-10(17(19)20)11(6-9)21-3/h4-6H,1-3H3,(H2,14,15,16,18). The van der Waals surface area contributed by atoms with Crippen LogP contribution in [0.2, 0.25) is 0 Å². The van der Waals surface area contributed by atoms with Gasteiger partial charge < -0.3 is 10.1 Å². The van der Waals surface area contributed by atoms with Gasteiger partial charge in [-0.1, -0.05) is 0 Å². The molecular formula is C13H14N4O4. The maximum absolute atomic E-state index is 12.1. The van der Waals surface area contributed by atoms with E-state index in [0.29, 0.717) is 5.82 Å². The Morgan fingerprint density at radius 2 is 2.14 bits per heavy atom. The van der Waals surface area contributed by atoms with Crippen LogP contribution in [0, 0.1) is 24.0 Å². The number of hydrogen-bond acceptors (Lipinski definition) is 5. The fourth-order valence-electron chi connectivity index (χ4n) is 1.76. The molecule has 0 aliphatic carbocycles. The number of nitro benzene ring substituents is 1. The lowest BCUT2D eigenvalue weighted by molar-refractivity contribution is -0.385. The molecule has 2 N–H and O–H groups in total. The topological polar surface area (TPSA) is 110 Å². The van der Waals surface area contributed by atoms with Crippen LogP contribution in [0.25, 0.3) is 0 Å². The average Bonchev–Trinajstić information content (AvgIpc) is 2.78. The molecule has 0 saturated heterocycles. The van der Waals surface area contributed by atoms with Crippen molar-refractivity contribution in [3.63, 3.8) is 0 Å². The quantitative estimate of drug-likeness (QED) is 0.662. The van der Waals surface area contributed by atoms with Gasteiger partial charge in [0, 0.05) is 29.0 Å². The lowest BCUT2D eigenvalue weighted by Gasteiger charge is -2.06. The summed E-state index contributed by atoms with van der Waals surface area (Å²) in [7, 11) is 1.31. The van der Waals surface area contributed by atoms with E-state index in [9.17, 15) is 14.9 Å². The molecule has 1 amide bonds. The number of methoxy groups -OCH3 is 1. The van der Waals surface area contributed by atoms with Gasteiger partial charge in [-0.2, -0.15) is 5.10 Å². The SMILES string of the molecule is COc1cc(C(=O)Nc2n[nH]c(C)c2C)ccc1[N+](=O)[O-]. The fraction of sp³-hybridized carbons (Fsp3) is 0.231. The molecular weight excluding hydrogens is 276 g/mol. The van der Waals surface area contributed by atoms with Crippen molar-refractivity contribution in [3.8, 4) is 5.75 Å². The first-order chi connectivity index (χ1) is 9.93. The molecule has 0 atom stereocenters. The van der Waals surface area contributed by atoms with Crippen LogP contribution in [0.4, 0.5) is 11.5 Å². The van der Waals surface area contributed by atoms with Gasteiger partial charge in [-0.15, -0.1) is 0 Å². The number of carbonyl (C=O) groups excluding carboxylic acids is 1. The molecule has 8 nitrogen and oxygen atoms in total. The molecule has 1 aromatic heterocycles. The lowest BCUT2D eigenvalue weighted by Crippen LogP contribution is -2.13. The number of amides is 1. The number of H-pyrrole nitrogens is 1. The zero-order chi connectivity index (χ0) is 15.6. The number of carbonyl (C=O) groups is 1. The van der Waals surface area contributed by atoms with Crippen molar-refractivity contribution in [2.24, 2.45) is 0 Å². The second-order valence-corrected chi connectivity index (χ2v) is 4.42. The number of aryl methyl sites for hydroxylation is 1. The normalized spacial score (nSPS) is 10.2. The van der Waals surface area contributed by atoms with Crippen LogP contribution >= 0.6 is 0 Å². The van der Waals surface area contributed by atoms with Gasteiger partial charge in [0.1, 0.15) is 0 Å². The summed E-state index contributed by atoms with van der Waals surface area (Å²) in [6, 6.07) is 3.92. The molecule has 110 valence electrons. The molecule has 8 heteroatoms. The van der Waals surface area contributed by atoms with Crippen molar-refractivity contribution in [1.29, 1.82) is 0 Å².